The second-order valence-corrected chi connectivity index (χ2v) is 6.69. The van der Waals surface area contributed by atoms with E-state index >= 15 is 0 Å². The highest BCUT2D eigenvalue weighted by molar-refractivity contribution is 7.07. The normalized spacial score (nSPS) is 11.8. The molecule has 0 aliphatic rings. The van der Waals surface area contributed by atoms with Crippen LogP contribution in [0.15, 0.2) is 35.2 Å². The molecule has 0 spiro atoms. The minimum Gasteiger partial charge on any atom is -0.487 e. The van der Waals surface area contributed by atoms with E-state index in [2.05, 4.69) is 10.3 Å². The molecule has 0 fully saturated rings. The molecule has 2 rings (SSSR count). The van der Waals surface area contributed by atoms with Crippen LogP contribution in [0.3, 0.4) is 0 Å². The second-order valence-electron chi connectivity index (χ2n) is 5.97. The van der Waals surface area contributed by atoms with Gasteiger partial charge in [0.05, 0.1) is 18.3 Å². The molecular weight excluding hydrogens is 340 g/mol. The molecule has 0 saturated carbocycles. The Kier molecular flexibility index (Phi) is 6.94. The van der Waals surface area contributed by atoms with Gasteiger partial charge >= 0.3 is 5.97 Å². The van der Waals surface area contributed by atoms with E-state index in [4.69, 9.17) is 9.47 Å². The van der Waals surface area contributed by atoms with Crippen LogP contribution in [0, 0.1) is 5.92 Å². The summed E-state index contributed by atoms with van der Waals surface area (Å²) in [4.78, 5) is 28.3. The molecule has 1 aromatic carbocycles. The first kappa shape index (κ1) is 18.9. The molecule has 2 aromatic rings. The number of hydrogen-bond donors (Lipinski definition) is 1. The summed E-state index contributed by atoms with van der Waals surface area (Å²) in [7, 11) is 1.32. The van der Waals surface area contributed by atoms with E-state index < -0.39 is 12.0 Å². The van der Waals surface area contributed by atoms with E-state index in [1.54, 1.807) is 29.8 Å². The van der Waals surface area contributed by atoms with Gasteiger partial charge in [0, 0.05) is 10.9 Å². The zero-order valence-corrected chi connectivity index (χ0v) is 15.3. The van der Waals surface area contributed by atoms with Crippen LogP contribution in [0.5, 0.6) is 5.75 Å². The Bertz CT molecular complexity index is 684. The molecule has 7 heteroatoms. The highest BCUT2D eigenvalue weighted by atomic mass is 32.1. The van der Waals surface area contributed by atoms with E-state index in [1.807, 2.05) is 19.2 Å². The first-order valence-electron chi connectivity index (χ1n) is 7.98. The quantitative estimate of drug-likeness (QED) is 0.730. The summed E-state index contributed by atoms with van der Waals surface area (Å²) in [6.45, 7) is 4.35. The molecule has 1 amide bonds. The number of rotatable bonds is 8. The highest BCUT2D eigenvalue weighted by Gasteiger charge is 2.23. The molecule has 134 valence electrons. The molecule has 0 saturated heterocycles. The number of esters is 1. The fourth-order valence-electron chi connectivity index (χ4n) is 2.24. The minimum atomic E-state index is -0.655. The van der Waals surface area contributed by atoms with Crippen molar-refractivity contribution in [1.29, 1.82) is 0 Å². The average molecular weight is 362 g/mol. The number of methoxy groups -OCH3 is 1. The fraction of sp³-hybridized carbons (Fsp3) is 0.389. The van der Waals surface area contributed by atoms with Crippen molar-refractivity contribution >= 4 is 23.2 Å². The Morgan fingerprint density at radius 1 is 1.24 bits per heavy atom. The van der Waals surface area contributed by atoms with Crippen molar-refractivity contribution in [2.45, 2.75) is 32.9 Å². The van der Waals surface area contributed by atoms with Crippen molar-refractivity contribution in [1.82, 2.24) is 10.3 Å². The Balaban J connectivity index is 1.95. The number of ether oxygens (including phenoxy) is 2. The maximum absolute atomic E-state index is 12.3. The van der Waals surface area contributed by atoms with Gasteiger partial charge in [0.25, 0.3) is 5.91 Å². The van der Waals surface area contributed by atoms with Crippen LogP contribution < -0.4 is 10.1 Å². The molecule has 1 N–H and O–H groups in total. The number of carbonyl (C=O) groups excluding carboxylic acids is 2. The molecule has 25 heavy (non-hydrogen) atoms. The lowest BCUT2D eigenvalue weighted by Gasteiger charge is -2.18. The van der Waals surface area contributed by atoms with Gasteiger partial charge in [0.1, 0.15) is 18.4 Å². The molecule has 0 radical (unpaired) electrons. The summed E-state index contributed by atoms with van der Waals surface area (Å²) in [6, 6.07) is 6.11. The maximum Gasteiger partial charge on any atom is 0.328 e. The summed E-state index contributed by atoms with van der Waals surface area (Å²) in [5.41, 5.74) is 3.07. The molecule has 0 unspecified atom stereocenters. The summed E-state index contributed by atoms with van der Waals surface area (Å²) in [5.74, 6) is 0.148. The third kappa shape index (κ3) is 5.86. The lowest BCUT2D eigenvalue weighted by Crippen LogP contribution is -2.42. The lowest BCUT2D eigenvalue weighted by atomic mass is 10.0. The van der Waals surface area contributed by atoms with Crippen molar-refractivity contribution in [3.8, 4) is 5.75 Å². The van der Waals surface area contributed by atoms with Gasteiger partial charge < -0.3 is 14.8 Å². The number of benzene rings is 1. The van der Waals surface area contributed by atoms with Gasteiger partial charge in [-0.3, -0.25) is 4.79 Å². The number of hydrogen-bond acceptors (Lipinski definition) is 6. The topological polar surface area (TPSA) is 77.5 Å². The van der Waals surface area contributed by atoms with E-state index in [1.165, 1.54) is 18.4 Å². The standard InChI is InChI=1S/C18H22N2O4S/c1-12(2)8-16(18(22)23-3)20-17(21)13-4-6-15(7-5-13)24-9-14-10-25-11-19-14/h4-7,10-12,16H,8-9H2,1-3H3,(H,20,21)/t16-/m0/s1. The van der Waals surface area contributed by atoms with E-state index in [9.17, 15) is 9.59 Å². The van der Waals surface area contributed by atoms with Crippen molar-refractivity contribution in [3.63, 3.8) is 0 Å². The summed E-state index contributed by atoms with van der Waals surface area (Å²) in [6.07, 6.45) is 0.521. The summed E-state index contributed by atoms with van der Waals surface area (Å²) in [5, 5.41) is 4.65. The second kappa shape index (κ2) is 9.17. The Morgan fingerprint density at radius 3 is 2.52 bits per heavy atom. The van der Waals surface area contributed by atoms with Crippen molar-refractivity contribution < 1.29 is 19.1 Å². The van der Waals surface area contributed by atoms with Crippen LogP contribution in [0.1, 0.15) is 36.3 Å². The van der Waals surface area contributed by atoms with Crippen LogP contribution in [0.4, 0.5) is 0 Å². The van der Waals surface area contributed by atoms with Gasteiger partial charge in [-0.2, -0.15) is 0 Å². The van der Waals surface area contributed by atoms with Crippen molar-refractivity contribution in [2.24, 2.45) is 5.92 Å². The van der Waals surface area contributed by atoms with E-state index in [-0.39, 0.29) is 11.8 Å². The lowest BCUT2D eigenvalue weighted by molar-refractivity contribution is -0.143. The fourth-order valence-corrected chi connectivity index (χ4v) is 2.78. The molecule has 1 aromatic heterocycles. The average Bonchev–Trinajstić information content (AvgIpc) is 3.12. The summed E-state index contributed by atoms with van der Waals surface area (Å²) >= 11 is 1.51. The monoisotopic (exact) mass is 362 g/mol. The van der Waals surface area contributed by atoms with Gasteiger partial charge in [-0.1, -0.05) is 13.8 Å². The van der Waals surface area contributed by atoms with Gasteiger partial charge in [-0.15, -0.1) is 11.3 Å². The van der Waals surface area contributed by atoms with E-state index in [0.717, 1.165) is 5.69 Å². The van der Waals surface area contributed by atoms with Gasteiger partial charge in [0.15, 0.2) is 0 Å². The summed E-state index contributed by atoms with van der Waals surface area (Å²) < 4.78 is 10.4. The predicted octanol–water partition coefficient (Wildman–Crippen LogP) is 3.04. The number of aromatic nitrogens is 1. The number of nitrogens with one attached hydrogen (secondary N) is 1. The van der Waals surface area contributed by atoms with E-state index in [0.29, 0.717) is 24.3 Å². The molecule has 0 aliphatic heterocycles. The molecule has 0 aliphatic carbocycles. The SMILES string of the molecule is COC(=O)[C@H](CC(C)C)NC(=O)c1ccc(OCc2cscn2)cc1. The van der Waals surface area contributed by atoms with Crippen LogP contribution in [-0.2, 0) is 16.1 Å². The zero-order chi connectivity index (χ0) is 18.2. The number of amides is 1. The zero-order valence-electron chi connectivity index (χ0n) is 14.5. The third-order valence-corrected chi connectivity index (χ3v) is 4.12. The number of nitrogens with zero attached hydrogens (tertiary/aromatic N) is 1. The molecule has 1 heterocycles. The van der Waals surface area contributed by atoms with Crippen LogP contribution in [0.2, 0.25) is 0 Å². The Hall–Kier alpha value is -2.41. The van der Waals surface area contributed by atoms with Crippen LogP contribution >= 0.6 is 11.3 Å². The molecule has 1 atom stereocenters. The Morgan fingerprint density at radius 2 is 1.96 bits per heavy atom. The van der Waals surface area contributed by atoms with Crippen LogP contribution in [0.25, 0.3) is 0 Å². The number of thiazole rings is 1. The Labute approximate surface area is 151 Å². The minimum absolute atomic E-state index is 0.255. The van der Waals surface area contributed by atoms with Crippen molar-refractivity contribution in [3.05, 3.63) is 46.4 Å². The maximum atomic E-state index is 12.3. The molecular formula is C18H22N2O4S. The molecule has 6 nitrogen and oxygen atoms in total. The van der Waals surface area contributed by atoms with Crippen LogP contribution in [-0.4, -0.2) is 30.0 Å². The predicted molar refractivity (Wildman–Crippen MR) is 95.6 cm³/mol. The third-order valence-electron chi connectivity index (χ3n) is 3.48. The number of carbonyl (C=O) groups is 2. The highest BCUT2D eigenvalue weighted by Crippen LogP contribution is 2.15. The molecule has 0 bridgehead atoms. The van der Waals surface area contributed by atoms with Gasteiger partial charge in [0.2, 0.25) is 0 Å². The van der Waals surface area contributed by atoms with Gasteiger partial charge in [-0.05, 0) is 36.6 Å². The largest absolute Gasteiger partial charge is 0.487 e. The first-order chi connectivity index (χ1) is 12.0. The first-order valence-corrected chi connectivity index (χ1v) is 8.92. The van der Waals surface area contributed by atoms with Crippen molar-refractivity contribution in [2.75, 3.05) is 7.11 Å². The smallest absolute Gasteiger partial charge is 0.328 e. The van der Waals surface area contributed by atoms with Gasteiger partial charge in [-0.25, -0.2) is 9.78 Å².